The Kier molecular flexibility index (Phi) is 18.6. The van der Waals surface area contributed by atoms with E-state index in [1.54, 1.807) is 48.5 Å². The van der Waals surface area contributed by atoms with Gasteiger partial charge >= 0.3 is 18.4 Å². The second kappa shape index (κ2) is 26.1. The van der Waals surface area contributed by atoms with Crippen LogP contribution in [0.5, 0.6) is 23.3 Å². The highest BCUT2D eigenvalue weighted by molar-refractivity contribution is 6.00. The summed E-state index contributed by atoms with van der Waals surface area (Å²) < 4.78 is 94.5. The van der Waals surface area contributed by atoms with Gasteiger partial charge < -0.3 is 45.9 Å². The predicted molar refractivity (Wildman–Crippen MR) is 293 cm³/mol. The normalized spacial score (nSPS) is 16.2. The van der Waals surface area contributed by atoms with Crippen LogP contribution in [0.3, 0.4) is 0 Å². The summed E-state index contributed by atoms with van der Waals surface area (Å²) in [7, 11) is 3.98. The summed E-state index contributed by atoms with van der Waals surface area (Å²) in [6.45, 7) is 6.41. The number of nitrogens with zero attached hydrogens (tertiary/aromatic N) is 8. The van der Waals surface area contributed by atoms with Gasteiger partial charge in [-0.05, 0) is 117 Å². The van der Waals surface area contributed by atoms with Crippen molar-refractivity contribution < 1.29 is 55.0 Å². The zero-order valence-corrected chi connectivity index (χ0v) is 44.9. The van der Waals surface area contributed by atoms with Crippen LogP contribution in [0.25, 0.3) is 0 Å². The van der Waals surface area contributed by atoms with Crippen molar-refractivity contribution in [2.24, 2.45) is 11.8 Å². The minimum Gasteiger partial charge on any atom is -0.439 e. The zero-order valence-electron chi connectivity index (χ0n) is 44.9. The zero-order chi connectivity index (χ0) is 58.0. The Balaban J connectivity index is 0.000000198. The number of benzene rings is 4. The number of likely N-dealkylation sites (N-methyl/N-ethyl adjacent to an activating group) is 2. The molecule has 19 nitrogen and oxygen atoms in total. The third-order valence-corrected chi connectivity index (χ3v) is 13.9. The average Bonchev–Trinajstić information content (AvgIpc) is 4.51. The first-order valence-electron chi connectivity index (χ1n) is 26.6. The second-order valence-corrected chi connectivity index (χ2v) is 20.6. The summed E-state index contributed by atoms with van der Waals surface area (Å²) in [5.74, 6) is 1.50. The van der Waals surface area contributed by atoms with Gasteiger partial charge in [-0.2, -0.15) is 26.3 Å². The molecule has 25 heteroatoms. The molecule has 432 valence electrons. The van der Waals surface area contributed by atoms with Gasteiger partial charge in [0.05, 0.1) is 17.5 Å². The summed E-state index contributed by atoms with van der Waals surface area (Å²) in [4.78, 5) is 73.5. The number of ether oxygens (including phenoxy) is 2. The van der Waals surface area contributed by atoms with Gasteiger partial charge in [-0.15, -0.1) is 0 Å². The summed E-state index contributed by atoms with van der Waals surface area (Å²) in [6.07, 6.45) is -3.06. The Morgan fingerprint density at radius 1 is 0.500 bits per heavy atom. The van der Waals surface area contributed by atoms with E-state index in [0.717, 1.165) is 64.0 Å². The van der Waals surface area contributed by atoms with E-state index in [1.165, 1.54) is 49.1 Å². The lowest BCUT2D eigenvalue weighted by Gasteiger charge is -2.33. The number of hydrogen-bond donors (Lipinski definition) is 5. The summed E-state index contributed by atoms with van der Waals surface area (Å²) >= 11 is 0. The van der Waals surface area contributed by atoms with Crippen LogP contribution in [0, 0.1) is 11.8 Å². The number of hydrogen-bond acceptors (Lipinski definition) is 14. The Morgan fingerprint density at radius 3 is 1.33 bits per heavy atom. The second-order valence-electron chi connectivity index (χ2n) is 20.6. The van der Waals surface area contributed by atoms with Gasteiger partial charge in [-0.25, -0.2) is 24.7 Å². The molecule has 4 aliphatic rings. The molecule has 0 radical (unpaired) electrons. The number of carbonyl (C=O) groups excluding carboxylic acids is 4. The number of carbonyl (C=O) groups is 4. The molecule has 4 heterocycles. The molecular formula is C57H61F6N13O6. The molecule has 6 aromatic rings. The number of piperazine rings is 2. The lowest BCUT2D eigenvalue weighted by Crippen LogP contribution is -2.44. The Bertz CT molecular complexity index is 2990. The molecule has 82 heavy (non-hydrogen) atoms. The van der Waals surface area contributed by atoms with E-state index in [2.05, 4.69) is 56.3 Å². The molecule has 2 aliphatic heterocycles. The van der Waals surface area contributed by atoms with E-state index in [-0.39, 0.29) is 77.4 Å². The van der Waals surface area contributed by atoms with Crippen molar-refractivity contribution in [1.82, 2.24) is 39.5 Å². The molecule has 0 atom stereocenters. The number of rotatable bonds is 17. The highest BCUT2D eigenvalue weighted by Gasteiger charge is 2.36. The smallest absolute Gasteiger partial charge is 0.416 e. The topological polar surface area (TPSA) is 211 Å². The van der Waals surface area contributed by atoms with Crippen LogP contribution in [0.15, 0.2) is 110 Å². The fourth-order valence-electron chi connectivity index (χ4n) is 8.89. The lowest BCUT2D eigenvalue weighted by atomic mass is 10.0. The number of halogens is 6. The number of nitrogens with one attached hydrogen (secondary N) is 5. The first-order chi connectivity index (χ1) is 39.2. The highest BCUT2D eigenvalue weighted by atomic mass is 19.4. The van der Waals surface area contributed by atoms with Gasteiger partial charge in [-0.1, -0.05) is 24.3 Å². The third-order valence-electron chi connectivity index (χ3n) is 13.9. The number of aromatic nitrogens is 4. The molecule has 0 spiro atoms. The van der Waals surface area contributed by atoms with E-state index < -0.39 is 35.4 Å². The average molecular weight is 1140 g/mol. The molecule has 0 unspecified atom stereocenters. The van der Waals surface area contributed by atoms with Crippen LogP contribution in [0.2, 0.25) is 0 Å². The van der Waals surface area contributed by atoms with E-state index >= 15 is 0 Å². The minimum atomic E-state index is -4.56. The Hall–Kier alpha value is -8.26. The van der Waals surface area contributed by atoms with Crippen LogP contribution in [-0.4, -0.2) is 130 Å². The van der Waals surface area contributed by atoms with Gasteiger partial charge in [0.2, 0.25) is 29.5 Å². The van der Waals surface area contributed by atoms with Crippen molar-refractivity contribution in [2.75, 3.05) is 93.0 Å². The number of alkyl halides is 6. The largest absolute Gasteiger partial charge is 0.439 e. The van der Waals surface area contributed by atoms with Gasteiger partial charge in [0.1, 0.15) is 35.8 Å². The summed E-state index contributed by atoms with van der Waals surface area (Å²) in [6, 6.07) is 23.2. The van der Waals surface area contributed by atoms with Crippen molar-refractivity contribution in [2.45, 2.75) is 57.5 Å². The van der Waals surface area contributed by atoms with Crippen molar-refractivity contribution in [3.8, 4) is 23.3 Å². The van der Waals surface area contributed by atoms with Crippen LogP contribution in [0.4, 0.5) is 59.8 Å². The van der Waals surface area contributed by atoms with E-state index in [4.69, 9.17) is 9.47 Å². The Labute approximate surface area is 468 Å². The Morgan fingerprint density at radius 2 is 0.902 bits per heavy atom. The maximum Gasteiger partial charge on any atom is 0.416 e. The van der Waals surface area contributed by atoms with Crippen molar-refractivity contribution in [1.29, 1.82) is 0 Å². The molecule has 5 N–H and O–H groups in total. The van der Waals surface area contributed by atoms with E-state index in [0.29, 0.717) is 60.6 Å². The SMILES string of the molecule is CN1CCN(Cc2ccc(NC(=O)Cc3ccc(Oc4cc(NC(=O)C5CC5)ncn4)cc3)cc2C(F)(F)F)CC1.CN1CCN(Cc2ccc(NC(=O)Nc3ccc(Oc4cc(NC(=O)C5CC5)ncn4)cc3)cc2C(F)(F)F)CC1. The van der Waals surface area contributed by atoms with Crippen LogP contribution >= 0.6 is 0 Å². The number of amides is 5. The fourth-order valence-corrected chi connectivity index (χ4v) is 8.89. The van der Waals surface area contributed by atoms with Gasteiger partial charge in [0.25, 0.3) is 0 Å². The van der Waals surface area contributed by atoms with Crippen molar-refractivity contribution in [3.05, 3.63) is 138 Å². The first kappa shape index (κ1) is 58.4. The van der Waals surface area contributed by atoms with Crippen LogP contribution in [0.1, 0.15) is 53.5 Å². The number of anilines is 5. The molecule has 2 aromatic heterocycles. The van der Waals surface area contributed by atoms with Gasteiger partial charge in [0.15, 0.2) is 0 Å². The molecule has 2 saturated heterocycles. The summed E-state index contributed by atoms with van der Waals surface area (Å²) in [5.41, 5.74) is 0.0335. The number of urea groups is 1. The van der Waals surface area contributed by atoms with Crippen LogP contribution in [-0.2, 0) is 46.2 Å². The lowest BCUT2D eigenvalue weighted by molar-refractivity contribution is -0.139. The monoisotopic (exact) mass is 1140 g/mol. The minimum absolute atomic E-state index is 0.0322. The molecular weight excluding hydrogens is 1080 g/mol. The first-order valence-corrected chi connectivity index (χ1v) is 26.6. The van der Waals surface area contributed by atoms with Crippen molar-refractivity contribution >= 4 is 52.5 Å². The highest BCUT2D eigenvalue weighted by Crippen LogP contribution is 2.37. The maximum absolute atomic E-state index is 13.9. The molecule has 4 aromatic carbocycles. The molecule has 10 rings (SSSR count). The molecule has 4 fully saturated rings. The quantitative estimate of drug-likeness (QED) is 0.0539. The van der Waals surface area contributed by atoms with Crippen LogP contribution < -0.4 is 36.1 Å². The maximum atomic E-state index is 13.9. The standard InChI is InChI=1S/C29H31F3N6O3.C28H30F3N7O3/c1-37-10-12-38(13-11-37)17-21-6-7-22(15-24(21)29(30,31)32)35-26(39)14-19-2-8-23(9-3-19)41-27-16-25(33-18-34-27)36-28(40)20-4-5-20;1-37-10-12-38(13-11-37)16-19-4-5-21(14-23(19)28(29,30)31)35-27(40)34-20-6-8-22(9-7-20)41-25-15-24(32-17-33-25)36-26(39)18-2-3-18/h2-3,6-9,15-16,18,20H,4-5,10-14,17H2,1H3,(H,35,39)(H,33,34,36,40);4-9,14-15,17-18H,2-3,10-13,16H2,1H3,(H2,34,35,40)(H,32,33,36,39). The summed E-state index contributed by atoms with van der Waals surface area (Å²) in [5, 5.41) is 13.1. The fraction of sp³-hybridized carbons (Fsp3) is 0.368. The predicted octanol–water partition coefficient (Wildman–Crippen LogP) is 9.59. The molecule has 5 amide bonds. The molecule has 2 saturated carbocycles. The van der Waals surface area contributed by atoms with Crippen molar-refractivity contribution in [3.63, 3.8) is 0 Å². The van der Waals surface area contributed by atoms with E-state index in [9.17, 15) is 45.5 Å². The molecule has 0 bridgehead atoms. The van der Waals surface area contributed by atoms with E-state index in [1.807, 2.05) is 23.9 Å². The van der Waals surface area contributed by atoms with Gasteiger partial charge in [0, 0.05) is 106 Å². The van der Waals surface area contributed by atoms with Gasteiger partial charge in [-0.3, -0.25) is 24.2 Å². The third kappa shape index (κ3) is 17.4. The molecule has 2 aliphatic carbocycles.